The van der Waals surface area contributed by atoms with Crippen LogP contribution in [0.2, 0.25) is 0 Å². The van der Waals surface area contributed by atoms with Crippen molar-refractivity contribution in [3.8, 4) is 0 Å². The molecule has 0 unspecified atom stereocenters. The number of para-hydroxylation sites is 1. The van der Waals surface area contributed by atoms with Crippen LogP contribution in [0.15, 0.2) is 18.2 Å². The molecule has 0 aromatic heterocycles. The van der Waals surface area contributed by atoms with Crippen molar-refractivity contribution in [3.63, 3.8) is 0 Å². The Labute approximate surface area is 107 Å². The molecular weight excluding hydrogens is 230 g/mol. The molecule has 0 atom stereocenters. The van der Waals surface area contributed by atoms with Gasteiger partial charge < -0.3 is 10.6 Å². The molecule has 5 heteroatoms. The van der Waals surface area contributed by atoms with Crippen molar-refractivity contribution in [2.45, 2.75) is 32.2 Å². The van der Waals surface area contributed by atoms with Gasteiger partial charge in [-0.3, -0.25) is 10.1 Å². The molecule has 1 aliphatic carbocycles. The molecular formula is C13H19N3O2. The maximum absolute atomic E-state index is 11.2. The summed E-state index contributed by atoms with van der Waals surface area (Å²) in [6.07, 6.45) is 2.39. The number of hydrogen-bond donors (Lipinski definition) is 2. The molecule has 0 saturated heterocycles. The highest BCUT2D eigenvalue weighted by molar-refractivity contribution is 5.76. The Morgan fingerprint density at radius 1 is 1.33 bits per heavy atom. The van der Waals surface area contributed by atoms with Crippen LogP contribution in [0.1, 0.15) is 26.7 Å². The summed E-state index contributed by atoms with van der Waals surface area (Å²) in [5.74, 6) is 0.607. The van der Waals surface area contributed by atoms with Crippen LogP contribution in [0.5, 0.6) is 0 Å². The van der Waals surface area contributed by atoms with Gasteiger partial charge in [-0.2, -0.15) is 0 Å². The van der Waals surface area contributed by atoms with Crippen LogP contribution in [-0.2, 0) is 0 Å². The standard InChI is InChI=1S/C13H19N3O2/c1-13(2,9-7-8-9)15-11-6-4-5-10(14-3)12(11)16(17)18/h4-6,9,14-15H,7-8H2,1-3H3. The Kier molecular flexibility index (Phi) is 3.15. The predicted octanol–water partition coefficient (Wildman–Crippen LogP) is 3.24. The SMILES string of the molecule is CNc1cccc(NC(C)(C)C2CC2)c1[N+](=O)[O-]. The van der Waals surface area contributed by atoms with Crippen LogP contribution in [0.4, 0.5) is 17.1 Å². The molecule has 18 heavy (non-hydrogen) atoms. The van der Waals surface area contributed by atoms with Gasteiger partial charge in [0.1, 0.15) is 11.4 Å². The molecule has 0 radical (unpaired) electrons. The van der Waals surface area contributed by atoms with Crippen LogP contribution in [0.25, 0.3) is 0 Å². The molecule has 2 N–H and O–H groups in total. The minimum atomic E-state index is -0.336. The fourth-order valence-corrected chi connectivity index (χ4v) is 2.30. The van der Waals surface area contributed by atoms with E-state index in [1.165, 1.54) is 12.8 Å². The second-order valence-corrected chi connectivity index (χ2v) is 5.33. The second kappa shape index (κ2) is 4.48. The topological polar surface area (TPSA) is 67.2 Å². The molecule has 0 spiro atoms. The van der Waals surface area contributed by atoms with Gasteiger partial charge in [-0.25, -0.2) is 0 Å². The van der Waals surface area contributed by atoms with E-state index in [-0.39, 0.29) is 16.1 Å². The average Bonchev–Trinajstić information content (AvgIpc) is 3.11. The first-order valence-electron chi connectivity index (χ1n) is 6.19. The summed E-state index contributed by atoms with van der Waals surface area (Å²) < 4.78 is 0. The summed E-state index contributed by atoms with van der Waals surface area (Å²) in [5.41, 5.74) is 1.14. The fraction of sp³-hybridized carbons (Fsp3) is 0.538. The Morgan fingerprint density at radius 3 is 2.44 bits per heavy atom. The van der Waals surface area contributed by atoms with Gasteiger partial charge in [0.25, 0.3) is 0 Å². The predicted molar refractivity (Wildman–Crippen MR) is 73.1 cm³/mol. The molecule has 0 bridgehead atoms. The minimum Gasteiger partial charge on any atom is -0.382 e. The molecule has 1 saturated carbocycles. The quantitative estimate of drug-likeness (QED) is 0.621. The summed E-state index contributed by atoms with van der Waals surface area (Å²) in [5, 5.41) is 17.4. The Balaban J connectivity index is 2.34. The maximum atomic E-state index is 11.2. The average molecular weight is 249 g/mol. The number of hydrogen-bond acceptors (Lipinski definition) is 4. The Morgan fingerprint density at radius 2 is 1.94 bits per heavy atom. The van der Waals surface area contributed by atoms with E-state index < -0.39 is 0 Å². The van der Waals surface area contributed by atoms with Crippen molar-refractivity contribution in [2.75, 3.05) is 17.7 Å². The van der Waals surface area contributed by atoms with E-state index >= 15 is 0 Å². The molecule has 0 amide bonds. The molecule has 98 valence electrons. The highest BCUT2D eigenvalue weighted by atomic mass is 16.6. The molecule has 1 aliphatic rings. The molecule has 1 aromatic carbocycles. The van der Waals surface area contributed by atoms with Gasteiger partial charge in [0.2, 0.25) is 0 Å². The lowest BCUT2D eigenvalue weighted by Crippen LogP contribution is -2.33. The van der Waals surface area contributed by atoms with Gasteiger partial charge in [0, 0.05) is 12.6 Å². The van der Waals surface area contributed by atoms with Crippen molar-refractivity contribution in [1.82, 2.24) is 0 Å². The second-order valence-electron chi connectivity index (χ2n) is 5.33. The van der Waals surface area contributed by atoms with Gasteiger partial charge in [0.05, 0.1) is 4.92 Å². The monoisotopic (exact) mass is 249 g/mol. The summed E-state index contributed by atoms with van der Waals surface area (Å²) in [6.45, 7) is 4.20. The van der Waals surface area contributed by atoms with E-state index in [0.29, 0.717) is 17.3 Å². The lowest BCUT2D eigenvalue weighted by atomic mass is 9.98. The van der Waals surface area contributed by atoms with E-state index in [9.17, 15) is 10.1 Å². The molecule has 0 heterocycles. The van der Waals surface area contributed by atoms with Gasteiger partial charge in [-0.1, -0.05) is 6.07 Å². The number of nitrogens with zero attached hydrogens (tertiary/aromatic N) is 1. The smallest absolute Gasteiger partial charge is 0.315 e. The number of rotatable bonds is 5. The van der Waals surface area contributed by atoms with Gasteiger partial charge >= 0.3 is 5.69 Å². The van der Waals surface area contributed by atoms with E-state index in [4.69, 9.17) is 0 Å². The van der Waals surface area contributed by atoms with Crippen molar-refractivity contribution in [3.05, 3.63) is 28.3 Å². The Bertz CT molecular complexity index is 467. The minimum absolute atomic E-state index is 0.100. The third-order valence-electron chi connectivity index (χ3n) is 3.54. The van der Waals surface area contributed by atoms with Crippen molar-refractivity contribution in [2.24, 2.45) is 5.92 Å². The normalized spacial score (nSPS) is 15.3. The van der Waals surface area contributed by atoms with Crippen LogP contribution in [0, 0.1) is 16.0 Å². The van der Waals surface area contributed by atoms with Crippen LogP contribution in [-0.4, -0.2) is 17.5 Å². The highest BCUT2D eigenvalue weighted by Crippen LogP contribution is 2.43. The zero-order valence-electron chi connectivity index (χ0n) is 11.0. The lowest BCUT2D eigenvalue weighted by Gasteiger charge is -2.27. The summed E-state index contributed by atoms with van der Waals surface area (Å²) in [6, 6.07) is 5.31. The highest BCUT2D eigenvalue weighted by Gasteiger charge is 2.38. The number of benzene rings is 1. The number of nitro benzene ring substituents is 1. The Hall–Kier alpha value is -1.78. The number of anilines is 2. The zero-order chi connectivity index (χ0) is 13.3. The molecule has 5 nitrogen and oxygen atoms in total. The third kappa shape index (κ3) is 2.39. The molecule has 1 aromatic rings. The van der Waals surface area contributed by atoms with Crippen molar-refractivity contribution in [1.29, 1.82) is 0 Å². The lowest BCUT2D eigenvalue weighted by molar-refractivity contribution is -0.383. The van der Waals surface area contributed by atoms with Gasteiger partial charge in [-0.15, -0.1) is 0 Å². The largest absolute Gasteiger partial charge is 0.382 e. The van der Waals surface area contributed by atoms with E-state index in [1.54, 1.807) is 19.2 Å². The molecule has 0 aliphatic heterocycles. The van der Waals surface area contributed by atoms with E-state index in [2.05, 4.69) is 24.5 Å². The summed E-state index contributed by atoms with van der Waals surface area (Å²) in [7, 11) is 1.69. The van der Waals surface area contributed by atoms with Gasteiger partial charge in [0.15, 0.2) is 0 Å². The molecule has 1 fully saturated rings. The number of nitro groups is 1. The van der Waals surface area contributed by atoms with Gasteiger partial charge in [-0.05, 0) is 44.7 Å². The van der Waals surface area contributed by atoms with Crippen LogP contribution in [0.3, 0.4) is 0 Å². The van der Waals surface area contributed by atoms with E-state index in [1.807, 2.05) is 6.07 Å². The molecule has 2 rings (SSSR count). The van der Waals surface area contributed by atoms with Crippen LogP contribution < -0.4 is 10.6 Å². The first kappa shape index (κ1) is 12.7. The number of nitrogens with one attached hydrogen (secondary N) is 2. The zero-order valence-corrected chi connectivity index (χ0v) is 11.0. The third-order valence-corrected chi connectivity index (χ3v) is 3.54. The van der Waals surface area contributed by atoms with Crippen molar-refractivity contribution >= 4 is 17.1 Å². The first-order chi connectivity index (χ1) is 8.45. The maximum Gasteiger partial charge on any atom is 0.315 e. The summed E-state index contributed by atoms with van der Waals surface area (Å²) in [4.78, 5) is 10.9. The van der Waals surface area contributed by atoms with Crippen LogP contribution >= 0.6 is 0 Å². The fourth-order valence-electron chi connectivity index (χ4n) is 2.30. The van der Waals surface area contributed by atoms with Crippen molar-refractivity contribution < 1.29 is 4.92 Å². The summed E-state index contributed by atoms with van der Waals surface area (Å²) >= 11 is 0. The van der Waals surface area contributed by atoms with E-state index in [0.717, 1.165) is 0 Å². The first-order valence-corrected chi connectivity index (χ1v) is 6.19.